The maximum Gasteiger partial charge on any atom is 0.252 e. The number of pyridine rings is 1. The SMILES string of the molecule is Cn1ccnc1CCNC(=O)c1ccncc1C#CCO. The van der Waals surface area contributed by atoms with Crippen LogP contribution in [0.2, 0.25) is 0 Å². The third kappa shape index (κ3) is 3.91. The summed E-state index contributed by atoms with van der Waals surface area (Å²) >= 11 is 0. The molecule has 2 aromatic heterocycles. The van der Waals surface area contributed by atoms with Crippen LogP contribution in [0.5, 0.6) is 0 Å². The van der Waals surface area contributed by atoms with Gasteiger partial charge in [0.1, 0.15) is 12.4 Å². The van der Waals surface area contributed by atoms with Gasteiger partial charge in [-0.15, -0.1) is 0 Å². The van der Waals surface area contributed by atoms with Gasteiger partial charge in [-0.2, -0.15) is 0 Å². The molecule has 2 N–H and O–H groups in total. The van der Waals surface area contributed by atoms with Gasteiger partial charge in [0.25, 0.3) is 5.91 Å². The summed E-state index contributed by atoms with van der Waals surface area (Å²) in [6.07, 6.45) is 7.29. The third-order valence-corrected chi connectivity index (χ3v) is 2.92. The van der Waals surface area contributed by atoms with Crippen molar-refractivity contribution in [2.24, 2.45) is 7.05 Å². The molecule has 108 valence electrons. The van der Waals surface area contributed by atoms with Crippen LogP contribution in [0.15, 0.2) is 30.9 Å². The summed E-state index contributed by atoms with van der Waals surface area (Å²) in [7, 11) is 1.91. The van der Waals surface area contributed by atoms with E-state index in [2.05, 4.69) is 27.1 Å². The molecule has 21 heavy (non-hydrogen) atoms. The van der Waals surface area contributed by atoms with E-state index in [-0.39, 0.29) is 12.5 Å². The molecule has 2 rings (SSSR count). The number of nitrogens with one attached hydrogen (secondary N) is 1. The second-order valence-electron chi connectivity index (χ2n) is 4.34. The topological polar surface area (TPSA) is 80.0 Å². The fourth-order valence-corrected chi connectivity index (χ4v) is 1.85. The van der Waals surface area contributed by atoms with E-state index >= 15 is 0 Å². The van der Waals surface area contributed by atoms with Gasteiger partial charge in [-0.05, 0) is 6.07 Å². The number of amides is 1. The molecular weight excluding hydrogens is 268 g/mol. The molecule has 0 radical (unpaired) electrons. The van der Waals surface area contributed by atoms with Crippen molar-refractivity contribution in [1.82, 2.24) is 19.9 Å². The molecule has 0 bridgehead atoms. The molecule has 0 aromatic carbocycles. The van der Waals surface area contributed by atoms with Crippen molar-refractivity contribution >= 4 is 5.91 Å². The first-order valence-corrected chi connectivity index (χ1v) is 6.50. The van der Waals surface area contributed by atoms with Crippen molar-refractivity contribution in [2.75, 3.05) is 13.2 Å². The zero-order chi connectivity index (χ0) is 15.1. The zero-order valence-corrected chi connectivity index (χ0v) is 11.7. The van der Waals surface area contributed by atoms with Gasteiger partial charge in [-0.3, -0.25) is 9.78 Å². The average Bonchev–Trinajstić information content (AvgIpc) is 2.91. The van der Waals surface area contributed by atoms with Gasteiger partial charge in [-0.25, -0.2) is 4.98 Å². The fourth-order valence-electron chi connectivity index (χ4n) is 1.85. The summed E-state index contributed by atoms with van der Waals surface area (Å²) in [5.41, 5.74) is 0.951. The predicted octanol–water partition coefficient (Wildman–Crippen LogP) is 0.131. The number of carbonyl (C=O) groups is 1. The van der Waals surface area contributed by atoms with E-state index in [0.29, 0.717) is 24.1 Å². The van der Waals surface area contributed by atoms with Gasteiger partial charge in [0.2, 0.25) is 0 Å². The molecule has 0 fully saturated rings. The first-order valence-electron chi connectivity index (χ1n) is 6.50. The summed E-state index contributed by atoms with van der Waals surface area (Å²) in [6, 6.07) is 1.61. The Hall–Kier alpha value is -2.65. The van der Waals surface area contributed by atoms with Crippen molar-refractivity contribution in [3.63, 3.8) is 0 Å². The number of aryl methyl sites for hydroxylation is 1. The van der Waals surface area contributed by atoms with Gasteiger partial charge in [0, 0.05) is 44.8 Å². The Bertz CT molecular complexity index is 682. The van der Waals surface area contributed by atoms with Gasteiger partial charge in [0.15, 0.2) is 0 Å². The van der Waals surface area contributed by atoms with Crippen LogP contribution in [0, 0.1) is 11.8 Å². The fraction of sp³-hybridized carbons (Fsp3) is 0.267. The lowest BCUT2D eigenvalue weighted by molar-refractivity contribution is 0.0953. The molecular formula is C15H16N4O2. The number of imidazole rings is 1. The van der Waals surface area contributed by atoms with Crippen LogP contribution in [0.1, 0.15) is 21.7 Å². The summed E-state index contributed by atoms with van der Waals surface area (Å²) in [5, 5.41) is 11.6. The van der Waals surface area contributed by atoms with Crippen molar-refractivity contribution in [2.45, 2.75) is 6.42 Å². The zero-order valence-electron chi connectivity index (χ0n) is 11.7. The molecule has 0 saturated carbocycles. The van der Waals surface area contributed by atoms with E-state index in [1.54, 1.807) is 12.3 Å². The van der Waals surface area contributed by atoms with E-state index in [9.17, 15) is 4.79 Å². The van der Waals surface area contributed by atoms with E-state index in [0.717, 1.165) is 5.82 Å². The second-order valence-corrected chi connectivity index (χ2v) is 4.34. The first-order chi connectivity index (χ1) is 10.2. The number of hydrogen-bond acceptors (Lipinski definition) is 4. The minimum Gasteiger partial charge on any atom is -0.384 e. The van der Waals surface area contributed by atoms with Crippen molar-refractivity contribution in [3.8, 4) is 11.8 Å². The van der Waals surface area contributed by atoms with Crippen molar-refractivity contribution in [3.05, 3.63) is 47.8 Å². The smallest absolute Gasteiger partial charge is 0.252 e. The lowest BCUT2D eigenvalue weighted by Gasteiger charge is -2.06. The summed E-state index contributed by atoms with van der Waals surface area (Å²) in [4.78, 5) is 20.3. The number of rotatable bonds is 4. The van der Waals surface area contributed by atoms with E-state index in [4.69, 9.17) is 5.11 Å². The predicted molar refractivity (Wildman–Crippen MR) is 77.4 cm³/mol. The molecule has 0 aliphatic heterocycles. The molecule has 2 aromatic rings. The molecule has 0 spiro atoms. The highest BCUT2D eigenvalue weighted by Gasteiger charge is 2.10. The van der Waals surface area contributed by atoms with Crippen LogP contribution in [-0.2, 0) is 13.5 Å². The third-order valence-electron chi connectivity index (χ3n) is 2.92. The van der Waals surface area contributed by atoms with Crippen LogP contribution in [0.3, 0.4) is 0 Å². The monoisotopic (exact) mass is 284 g/mol. The quantitative estimate of drug-likeness (QED) is 0.782. The standard InChI is InChI=1S/C15H16N4O2/c1-19-9-8-17-14(19)5-7-18-15(21)13-4-6-16-11-12(13)3-2-10-20/h4,6,8-9,11,20H,5,7,10H2,1H3,(H,18,21). The molecule has 0 saturated heterocycles. The number of aromatic nitrogens is 3. The van der Waals surface area contributed by atoms with Crippen LogP contribution in [0.25, 0.3) is 0 Å². The number of carbonyl (C=O) groups excluding carboxylic acids is 1. The molecule has 6 heteroatoms. The summed E-state index contributed by atoms with van der Waals surface area (Å²) in [6.45, 7) is 0.230. The Morgan fingerprint density at radius 2 is 2.33 bits per heavy atom. The van der Waals surface area contributed by atoms with E-state index in [1.807, 2.05) is 17.8 Å². The minimum atomic E-state index is -0.255. The summed E-state index contributed by atoms with van der Waals surface area (Å²) < 4.78 is 1.91. The molecule has 0 aliphatic rings. The summed E-state index contributed by atoms with van der Waals surface area (Å²) in [5.74, 6) is 5.93. The maximum atomic E-state index is 12.1. The van der Waals surface area contributed by atoms with E-state index in [1.165, 1.54) is 12.4 Å². The van der Waals surface area contributed by atoms with E-state index < -0.39 is 0 Å². The lowest BCUT2D eigenvalue weighted by Crippen LogP contribution is -2.27. The lowest BCUT2D eigenvalue weighted by atomic mass is 10.1. The maximum absolute atomic E-state index is 12.1. The Kier molecular flexibility index (Phi) is 5.07. The van der Waals surface area contributed by atoms with Gasteiger partial charge >= 0.3 is 0 Å². The molecule has 0 aliphatic carbocycles. The molecule has 0 atom stereocenters. The molecule has 1 amide bonds. The van der Waals surface area contributed by atoms with Gasteiger partial charge in [-0.1, -0.05) is 11.8 Å². The van der Waals surface area contributed by atoms with Gasteiger partial charge < -0.3 is 15.0 Å². The molecule has 2 heterocycles. The van der Waals surface area contributed by atoms with Crippen LogP contribution in [0.4, 0.5) is 0 Å². The molecule has 6 nitrogen and oxygen atoms in total. The largest absolute Gasteiger partial charge is 0.384 e. The highest BCUT2D eigenvalue weighted by atomic mass is 16.2. The van der Waals surface area contributed by atoms with Crippen LogP contribution >= 0.6 is 0 Å². The Morgan fingerprint density at radius 3 is 3.05 bits per heavy atom. The Labute approximate surface area is 122 Å². The van der Waals surface area contributed by atoms with Crippen molar-refractivity contribution in [1.29, 1.82) is 0 Å². The second kappa shape index (κ2) is 7.22. The highest BCUT2D eigenvalue weighted by Crippen LogP contribution is 2.05. The Balaban J connectivity index is 1.99. The Morgan fingerprint density at radius 1 is 1.48 bits per heavy atom. The van der Waals surface area contributed by atoms with Gasteiger partial charge in [0.05, 0.1) is 11.1 Å². The van der Waals surface area contributed by atoms with Crippen LogP contribution in [-0.4, -0.2) is 38.7 Å². The average molecular weight is 284 g/mol. The normalized spacial score (nSPS) is 9.81. The number of nitrogens with zero attached hydrogens (tertiary/aromatic N) is 3. The first kappa shape index (κ1) is 14.8. The highest BCUT2D eigenvalue weighted by molar-refractivity contribution is 5.96. The number of hydrogen-bond donors (Lipinski definition) is 2. The van der Waals surface area contributed by atoms with Crippen molar-refractivity contribution < 1.29 is 9.90 Å². The number of aliphatic hydroxyl groups excluding tert-OH is 1. The minimum absolute atomic E-state index is 0.214. The van der Waals surface area contributed by atoms with Crippen LogP contribution < -0.4 is 5.32 Å². The number of aliphatic hydroxyl groups is 1. The molecule has 0 unspecified atom stereocenters.